The largest absolute Gasteiger partial charge is 0.481 e. The summed E-state index contributed by atoms with van der Waals surface area (Å²) in [7, 11) is 0. The Morgan fingerprint density at radius 2 is 1.55 bits per heavy atom. The number of ether oxygens (including phenoxy) is 1. The number of benzene rings is 2. The van der Waals surface area contributed by atoms with Gasteiger partial charge in [0.05, 0.1) is 0 Å². The van der Waals surface area contributed by atoms with Crippen molar-refractivity contribution in [3.8, 4) is 5.75 Å². The van der Waals surface area contributed by atoms with Crippen molar-refractivity contribution >= 4 is 23.2 Å². The molecule has 0 heterocycles. The molecule has 2 N–H and O–H groups in total. The van der Waals surface area contributed by atoms with Gasteiger partial charge < -0.3 is 15.4 Å². The van der Waals surface area contributed by atoms with Crippen LogP contribution in [0.15, 0.2) is 42.5 Å². The average molecular weight is 397 g/mol. The molecule has 0 saturated heterocycles. The van der Waals surface area contributed by atoms with Gasteiger partial charge in [0.1, 0.15) is 5.75 Å². The summed E-state index contributed by atoms with van der Waals surface area (Å²) in [5.41, 5.74) is 2.90. The van der Waals surface area contributed by atoms with Gasteiger partial charge in [-0.3, -0.25) is 9.59 Å². The normalized spacial score (nSPS) is 12.4. The fraction of sp³-hybridized carbons (Fsp3) is 0.417. The summed E-state index contributed by atoms with van der Waals surface area (Å²) >= 11 is 0. The molecule has 0 radical (unpaired) electrons. The number of carbonyl (C=O) groups excluding carboxylic acids is 2. The Bertz CT molecular complexity index is 882. The van der Waals surface area contributed by atoms with Gasteiger partial charge in [-0.2, -0.15) is 0 Å². The maximum Gasteiger partial charge on any atom is 0.265 e. The molecule has 0 spiro atoms. The number of rotatable bonds is 6. The van der Waals surface area contributed by atoms with Gasteiger partial charge in [0.15, 0.2) is 6.10 Å². The maximum absolute atomic E-state index is 12.7. The second kappa shape index (κ2) is 9.12. The average Bonchev–Trinajstić information content (AvgIpc) is 2.60. The Balaban J connectivity index is 2.08. The van der Waals surface area contributed by atoms with Crippen molar-refractivity contribution in [2.24, 2.45) is 5.41 Å². The molecule has 5 nitrogen and oxygen atoms in total. The monoisotopic (exact) mass is 396 g/mol. The standard InChI is InChI=1S/C24H32N2O3/c1-15(2)20-12-11-16(3)13-21(20)29-17(4)22(27)25-18-9-8-10-19(14-18)26-23(28)24(5,6)7/h8-15,17H,1-7H3,(H,25,27)(H,26,28). The second-order valence-electron chi connectivity index (χ2n) is 8.73. The lowest BCUT2D eigenvalue weighted by atomic mass is 9.95. The number of carbonyl (C=O) groups is 2. The Morgan fingerprint density at radius 3 is 2.14 bits per heavy atom. The minimum Gasteiger partial charge on any atom is -0.481 e. The molecule has 29 heavy (non-hydrogen) atoms. The highest BCUT2D eigenvalue weighted by Gasteiger charge is 2.22. The van der Waals surface area contributed by atoms with Crippen LogP contribution in [-0.4, -0.2) is 17.9 Å². The van der Waals surface area contributed by atoms with Crippen LogP contribution in [0.3, 0.4) is 0 Å². The van der Waals surface area contributed by atoms with E-state index >= 15 is 0 Å². The first-order valence-electron chi connectivity index (χ1n) is 9.97. The summed E-state index contributed by atoms with van der Waals surface area (Å²) in [6.45, 7) is 13.5. The predicted octanol–water partition coefficient (Wildman–Crippen LogP) is 5.51. The van der Waals surface area contributed by atoms with Gasteiger partial charge >= 0.3 is 0 Å². The molecule has 0 aliphatic rings. The van der Waals surface area contributed by atoms with Gasteiger partial charge in [0, 0.05) is 16.8 Å². The quantitative estimate of drug-likeness (QED) is 0.676. The van der Waals surface area contributed by atoms with E-state index < -0.39 is 11.5 Å². The minimum absolute atomic E-state index is 0.0849. The fourth-order valence-corrected chi connectivity index (χ4v) is 2.70. The number of hydrogen-bond donors (Lipinski definition) is 2. The lowest BCUT2D eigenvalue weighted by Crippen LogP contribution is -2.30. The molecule has 156 valence electrons. The summed E-state index contributed by atoms with van der Waals surface area (Å²) in [5, 5.41) is 5.73. The van der Waals surface area contributed by atoms with E-state index in [-0.39, 0.29) is 11.8 Å². The minimum atomic E-state index is -0.665. The molecule has 0 saturated carbocycles. The van der Waals surface area contributed by atoms with Gasteiger partial charge in [-0.15, -0.1) is 0 Å². The number of aryl methyl sites for hydroxylation is 1. The first-order valence-corrected chi connectivity index (χ1v) is 9.97. The first kappa shape index (κ1) is 22.5. The molecule has 2 amide bonds. The highest BCUT2D eigenvalue weighted by Crippen LogP contribution is 2.28. The lowest BCUT2D eigenvalue weighted by Gasteiger charge is -2.20. The number of anilines is 2. The van der Waals surface area contributed by atoms with E-state index in [1.807, 2.05) is 45.9 Å². The number of hydrogen-bond acceptors (Lipinski definition) is 3. The van der Waals surface area contributed by atoms with E-state index in [1.54, 1.807) is 31.2 Å². The molecule has 0 aliphatic heterocycles. The van der Waals surface area contributed by atoms with E-state index in [0.717, 1.165) is 16.9 Å². The van der Waals surface area contributed by atoms with E-state index in [2.05, 4.69) is 24.5 Å². The Kier molecular flexibility index (Phi) is 7.07. The third kappa shape index (κ3) is 6.34. The van der Waals surface area contributed by atoms with Crippen LogP contribution in [0.4, 0.5) is 11.4 Å². The Labute approximate surface area is 173 Å². The van der Waals surface area contributed by atoms with Gasteiger partial charge in [-0.25, -0.2) is 0 Å². The van der Waals surface area contributed by atoms with Gasteiger partial charge in [-0.05, 0) is 55.2 Å². The zero-order chi connectivity index (χ0) is 21.8. The van der Waals surface area contributed by atoms with Crippen LogP contribution < -0.4 is 15.4 Å². The Morgan fingerprint density at radius 1 is 0.931 bits per heavy atom. The maximum atomic E-state index is 12.7. The number of amides is 2. The predicted molar refractivity (Wildman–Crippen MR) is 119 cm³/mol. The van der Waals surface area contributed by atoms with Crippen LogP contribution in [-0.2, 0) is 9.59 Å². The summed E-state index contributed by atoms with van der Waals surface area (Å²) in [6.07, 6.45) is -0.665. The topological polar surface area (TPSA) is 67.4 Å². The van der Waals surface area contributed by atoms with E-state index in [1.165, 1.54) is 0 Å². The Hall–Kier alpha value is -2.82. The van der Waals surface area contributed by atoms with E-state index in [4.69, 9.17) is 4.74 Å². The van der Waals surface area contributed by atoms with Crippen molar-refractivity contribution in [2.75, 3.05) is 10.6 Å². The van der Waals surface area contributed by atoms with E-state index in [0.29, 0.717) is 17.3 Å². The van der Waals surface area contributed by atoms with Crippen LogP contribution in [0.2, 0.25) is 0 Å². The molecule has 5 heteroatoms. The van der Waals surface area contributed by atoms with Crippen LogP contribution in [0, 0.1) is 12.3 Å². The van der Waals surface area contributed by atoms with Crippen molar-refractivity contribution in [1.29, 1.82) is 0 Å². The molecule has 0 aromatic heterocycles. The zero-order valence-corrected chi connectivity index (χ0v) is 18.4. The lowest BCUT2D eigenvalue weighted by molar-refractivity contribution is -0.123. The first-order chi connectivity index (χ1) is 13.5. The smallest absolute Gasteiger partial charge is 0.265 e. The molecule has 2 rings (SSSR count). The van der Waals surface area contributed by atoms with Crippen LogP contribution in [0.1, 0.15) is 58.6 Å². The van der Waals surface area contributed by atoms with Crippen molar-refractivity contribution in [3.63, 3.8) is 0 Å². The molecule has 0 aliphatic carbocycles. The molecule has 1 atom stereocenters. The van der Waals surface area contributed by atoms with E-state index in [9.17, 15) is 9.59 Å². The SMILES string of the molecule is Cc1ccc(C(C)C)c(OC(C)C(=O)Nc2cccc(NC(=O)C(C)(C)C)c2)c1. The highest BCUT2D eigenvalue weighted by atomic mass is 16.5. The van der Waals surface area contributed by atoms with Crippen LogP contribution in [0.25, 0.3) is 0 Å². The van der Waals surface area contributed by atoms with Crippen molar-refractivity contribution in [2.45, 2.75) is 60.5 Å². The molecule has 2 aromatic carbocycles. The fourth-order valence-electron chi connectivity index (χ4n) is 2.70. The highest BCUT2D eigenvalue weighted by molar-refractivity contribution is 5.97. The van der Waals surface area contributed by atoms with Crippen molar-refractivity contribution < 1.29 is 14.3 Å². The summed E-state index contributed by atoms with van der Waals surface area (Å²) in [5.74, 6) is 0.691. The van der Waals surface area contributed by atoms with Crippen molar-refractivity contribution in [3.05, 3.63) is 53.6 Å². The van der Waals surface area contributed by atoms with Gasteiger partial charge in [0.2, 0.25) is 5.91 Å². The van der Waals surface area contributed by atoms with Gasteiger partial charge in [0.25, 0.3) is 5.91 Å². The summed E-state index contributed by atoms with van der Waals surface area (Å²) in [6, 6.07) is 13.1. The van der Waals surface area contributed by atoms with Crippen LogP contribution >= 0.6 is 0 Å². The van der Waals surface area contributed by atoms with Crippen molar-refractivity contribution in [1.82, 2.24) is 0 Å². The van der Waals surface area contributed by atoms with Gasteiger partial charge in [-0.1, -0.05) is 52.8 Å². The summed E-state index contributed by atoms with van der Waals surface area (Å²) < 4.78 is 5.98. The molecular weight excluding hydrogens is 364 g/mol. The molecule has 0 bridgehead atoms. The third-order valence-electron chi connectivity index (χ3n) is 4.53. The molecule has 0 fully saturated rings. The van der Waals surface area contributed by atoms with Crippen LogP contribution in [0.5, 0.6) is 5.75 Å². The molecular formula is C24H32N2O3. The summed E-state index contributed by atoms with van der Waals surface area (Å²) in [4.78, 5) is 24.8. The third-order valence-corrected chi connectivity index (χ3v) is 4.53. The zero-order valence-electron chi connectivity index (χ0n) is 18.4. The number of nitrogens with one attached hydrogen (secondary N) is 2. The molecule has 1 unspecified atom stereocenters. The molecule has 2 aromatic rings. The second-order valence-corrected chi connectivity index (χ2v) is 8.73.